The summed E-state index contributed by atoms with van der Waals surface area (Å²) >= 11 is 0. The molecule has 0 fully saturated rings. The van der Waals surface area contributed by atoms with Crippen LogP contribution in [0.4, 0.5) is 10.5 Å². The van der Waals surface area contributed by atoms with Gasteiger partial charge in [-0.15, -0.1) is 0 Å². The van der Waals surface area contributed by atoms with E-state index in [9.17, 15) is 9.90 Å². The Bertz CT molecular complexity index is 1370. The summed E-state index contributed by atoms with van der Waals surface area (Å²) in [5, 5.41) is 10.7. The van der Waals surface area contributed by atoms with Gasteiger partial charge in [-0.1, -0.05) is 30.3 Å². The van der Waals surface area contributed by atoms with Crippen LogP contribution in [0.25, 0.3) is 10.9 Å². The number of pyridine rings is 1. The number of aryl methyl sites for hydroxylation is 1. The third-order valence-electron chi connectivity index (χ3n) is 6.35. The number of aromatic nitrogens is 1. The fourth-order valence-corrected chi connectivity index (χ4v) is 4.24. The molecule has 0 aliphatic rings. The Hall–Kier alpha value is -4.26. The molecule has 1 N–H and O–H groups in total. The van der Waals surface area contributed by atoms with Gasteiger partial charge in [-0.05, 0) is 67.6 Å². The molecule has 0 atom stereocenters. The van der Waals surface area contributed by atoms with E-state index >= 15 is 0 Å². The maximum atomic E-state index is 12.1. The normalized spacial score (nSPS) is 10.8. The molecule has 0 aliphatic heterocycles. The van der Waals surface area contributed by atoms with Gasteiger partial charge in [0.2, 0.25) is 0 Å². The molecule has 0 spiro atoms. The highest BCUT2D eigenvalue weighted by molar-refractivity contribution is 5.89. The van der Waals surface area contributed by atoms with Gasteiger partial charge < -0.3 is 19.3 Å². The third-order valence-corrected chi connectivity index (χ3v) is 6.35. The lowest BCUT2D eigenvalue weighted by Crippen LogP contribution is -2.31. The van der Waals surface area contributed by atoms with E-state index in [1.807, 2.05) is 50.2 Å². The van der Waals surface area contributed by atoms with Crippen molar-refractivity contribution < 1.29 is 24.1 Å². The Balaban J connectivity index is 1.59. The van der Waals surface area contributed by atoms with Crippen LogP contribution in [0.1, 0.15) is 23.1 Å². The van der Waals surface area contributed by atoms with Gasteiger partial charge in [0.15, 0.2) is 11.5 Å². The maximum absolute atomic E-state index is 12.1. The number of methoxy groups -OCH3 is 2. The molecule has 0 unspecified atom stereocenters. The highest BCUT2D eigenvalue weighted by Crippen LogP contribution is 2.39. The zero-order valence-electron chi connectivity index (χ0n) is 20.9. The molecule has 4 rings (SSSR count). The fourth-order valence-electron chi connectivity index (χ4n) is 4.24. The molecule has 186 valence electrons. The lowest BCUT2D eigenvalue weighted by atomic mass is 10.0. The molecule has 0 aliphatic carbocycles. The molecule has 1 heterocycles. The van der Waals surface area contributed by atoms with Crippen molar-refractivity contribution in [3.05, 3.63) is 83.6 Å². The van der Waals surface area contributed by atoms with Crippen LogP contribution in [0.2, 0.25) is 0 Å². The summed E-state index contributed by atoms with van der Waals surface area (Å²) in [4.78, 5) is 17.9. The second-order valence-corrected chi connectivity index (χ2v) is 8.49. The van der Waals surface area contributed by atoms with E-state index in [1.54, 1.807) is 32.5 Å². The van der Waals surface area contributed by atoms with Crippen molar-refractivity contribution in [2.75, 3.05) is 25.7 Å². The number of amides is 1. The Kier molecular flexibility index (Phi) is 7.59. The van der Waals surface area contributed by atoms with Gasteiger partial charge in [0.05, 0.1) is 25.4 Å². The molecule has 36 heavy (non-hydrogen) atoms. The lowest BCUT2D eigenvalue weighted by Gasteiger charge is -2.23. The molecule has 1 aromatic heterocycles. The van der Waals surface area contributed by atoms with Gasteiger partial charge in [0.1, 0.15) is 11.5 Å². The van der Waals surface area contributed by atoms with Crippen LogP contribution in [0.15, 0.2) is 66.9 Å². The first kappa shape index (κ1) is 24.9. The molecular weight excluding hydrogens is 456 g/mol. The minimum absolute atomic E-state index is 0.404. The summed E-state index contributed by atoms with van der Waals surface area (Å²) in [6.45, 7) is 4.26. The number of ether oxygens (including phenoxy) is 3. The third kappa shape index (κ3) is 5.20. The van der Waals surface area contributed by atoms with Gasteiger partial charge in [0.25, 0.3) is 0 Å². The average Bonchev–Trinajstić information content (AvgIpc) is 2.89. The Morgan fingerprint density at radius 2 is 1.61 bits per heavy atom. The molecule has 0 bridgehead atoms. The SMILES string of the molecule is COc1cc2nccc(Oc3ccc(N(CCCc4ccccc4)C(=O)O)c(C)c3C)c2cc1OC. The Labute approximate surface area is 210 Å². The zero-order chi connectivity index (χ0) is 25.7. The number of benzene rings is 3. The quantitative estimate of drug-likeness (QED) is 0.281. The molecule has 1 amide bonds. The summed E-state index contributed by atoms with van der Waals surface area (Å²) in [7, 11) is 3.17. The summed E-state index contributed by atoms with van der Waals surface area (Å²) in [6.07, 6.45) is 2.24. The van der Waals surface area contributed by atoms with Crippen molar-refractivity contribution in [3.63, 3.8) is 0 Å². The van der Waals surface area contributed by atoms with Gasteiger partial charge in [0, 0.05) is 24.2 Å². The number of hydrogen-bond acceptors (Lipinski definition) is 5. The number of nitrogens with zero attached hydrogens (tertiary/aromatic N) is 2. The second kappa shape index (κ2) is 11.0. The molecule has 7 nitrogen and oxygen atoms in total. The summed E-state index contributed by atoms with van der Waals surface area (Å²) in [6, 6.07) is 19.1. The highest BCUT2D eigenvalue weighted by atomic mass is 16.5. The number of carbonyl (C=O) groups is 1. The summed E-state index contributed by atoms with van der Waals surface area (Å²) in [5.41, 5.74) is 4.29. The smallest absolute Gasteiger partial charge is 0.411 e. The highest BCUT2D eigenvalue weighted by Gasteiger charge is 2.20. The monoisotopic (exact) mass is 486 g/mol. The zero-order valence-corrected chi connectivity index (χ0v) is 20.9. The van der Waals surface area contributed by atoms with Crippen LogP contribution < -0.4 is 19.1 Å². The van der Waals surface area contributed by atoms with Crippen molar-refractivity contribution in [1.82, 2.24) is 4.98 Å². The van der Waals surface area contributed by atoms with Crippen molar-refractivity contribution in [2.45, 2.75) is 26.7 Å². The first-order valence-corrected chi connectivity index (χ1v) is 11.8. The van der Waals surface area contributed by atoms with Crippen LogP contribution >= 0.6 is 0 Å². The van der Waals surface area contributed by atoms with Crippen molar-refractivity contribution in [1.29, 1.82) is 0 Å². The lowest BCUT2D eigenvalue weighted by molar-refractivity contribution is 0.201. The van der Waals surface area contributed by atoms with E-state index in [0.29, 0.717) is 40.7 Å². The molecule has 0 saturated carbocycles. The average molecular weight is 487 g/mol. The van der Waals surface area contributed by atoms with Crippen molar-refractivity contribution in [2.24, 2.45) is 0 Å². The largest absolute Gasteiger partial charge is 0.493 e. The maximum Gasteiger partial charge on any atom is 0.411 e. The van der Waals surface area contributed by atoms with Gasteiger partial charge >= 0.3 is 6.09 Å². The van der Waals surface area contributed by atoms with Crippen molar-refractivity contribution in [3.8, 4) is 23.0 Å². The predicted molar refractivity (Wildman–Crippen MR) is 141 cm³/mol. The number of hydrogen-bond donors (Lipinski definition) is 1. The minimum Gasteiger partial charge on any atom is -0.493 e. The van der Waals surface area contributed by atoms with E-state index in [2.05, 4.69) is 17.1 Å². The molecule has 0 saturated heterocycles. The first-order chi connectivity index (χ1) is 17.4. The van der Waals surface area contributed by atoms with E-state index in [0.717, 1.165) is 29.4 Å². The summed E-state index contributed by atoms with van der Waals surface area (Å²) < 4.78 is 17.1. The van der Waals surface area contributed by atoms with Crippen LogP contribution in [-0.2, 0) is 6.42 Å². The summed E-state index contributed by atoms with van der Waals surface area (Å²) in [5.74, 6) is 2.44. The van der Waals surface area contributed by atoms with Gasteiger partial charge in [-0.3, -0.25) is 9.88 Å². The van der Waals surface area contributed by atoms with Crippen LogP contribution in [0.5, 0.6) is 23.0 Å². The molecular formula is C29H30N2O5. The van der Waals surface area contributed by atoms with E-state index in [-0.39, 0.29) is 0 Å². The Morgan fingerprint density at radius 1 is 0.889 bits per heavy atom. The minimum atomic E-state index is -0.972. The molecule has 7 heteroatoms. The van der Waals surface area contributed by atoms with E-state index < -0.39 is 6.09 Å². The van der Waals surface area contributed by atoms with Crippen LogP contribution in [0.3, 0.4) is 0 Å². The van der Waals surface area contributed by atoms with Crippen LogP contribution in [-0.4, -0.2) is 36.9 Å². The number of fused-ring (bicyclic) bond motifs is 1. The molecule has 3 aromatic carbocycles. The predicted octanol–water partition coefficient (Wildman–Crippen LogP) is 6.78. The number of carboxylic acid groups (broad SMARTS) is 1. The topological polar surface area (TPSA) is 81.1 Å². The van der Waals surface area contributed by atoms with Crippen LogP contribution in [0, 0.1) is 13.8 Å². The van der Waals surface area contributed by atoms with E-state index in [1.165, 1.54) is 10.5 Å². The molecule has 0 radical (unpaired) electrons. The van der Waals surface area contributed by atoms with Gasteiger partial charge in [-0.2, -0.15) is 0 Å². The van der Waals surface area contributed by atoms with E-state index in [4.69, 9.17) is 14.2 Å². The number of rotatable bonds is 9. The van der Waals surface area contributed by atoms with Gasteiger partial charge in [-0.25, -0.2) is 4.79 Å². The second-order valence-electron chi connectivity index (χ2n) is 8.49. The number of anilines is 1. The first-order valence-electron chi connectivity index (χ1n) is 11.8. The fraction of sp³-hybridized carbons (Fsp3) is 0.241. The van der Waals surface area contributed by atoms with Crippen molar-refractivity contribution >= 4 is 22.7 Å². The standard InChI is InChI=1S/C29H30N2O5/c1-19-20(2)25(36-26-14-15-30-23-18-28(35-4)27(34-3)17-22(23)26)13-12-24(19)31(29(32)33)16-8-11-21-9-6-5-7-10-21/h5-7,9-10,12-15,17-18H,8,11,16H2,1-4H3,(H,32,33). The molecule has 4 aromatic rings. The Morgan fingerprint density at radius 3 is 2.31 bits per heavy atom.